The molecule has 21 heavy (non-hydrogen) atoms. The van der Waals surface area contributed by atoms with Crippen LogP contribution in [0.3, 0.4) is 0 Å². The Labute approximate surface area is 130 Å². The van der Waals surface area contributed by atoms with Gasteiger partial charge in [-0.2, -0.15) is 5.10 Å². The summed E-state index contributed by atoms with van der Waals surface area (Å²) in [6.07, 6.45) is 2.62. The molecule has 0 aromatic carbocycles. The van der Waals surface area contributed by atoms with E-state index in [1.807, 2.05) is 18.2 Å². The summed E-state index contributed by atoms with van der Waals surface area (Å²) in [7, 11) is 1.74. The number of nitrogens with zero attached hydrogens (tertiary/aromatic N) is 4. The van der Waals surface area contributed by atoms with Crippen LogP contribution in [0, 0.1) is 0 Å². The summed E-state index contributed by atoms with van der Waals surface area (Å²) in [6.45, 7) is 1.86. The molecule has 0 spiro atoms. The minimum atomic E-state index is -0.155. The fourth-order valence-electron chi connectivity index (χ4n) is 2.22. The Morgan fingerprint density at radius 3 is 3.10 bits per heavy atom. The lowest BCUT2D eigenvalue weighted by molar-refractivity contribution is 0.0775. The fraction of sp³-hybridized carbons (Fsp3) is 0.357. The van der Waals surface area contributed by atoms with Crippen molar-refractivity contribution in [1.29, 1.82) is 0 Å². The largest absolute Gasteiger partial charge is 0.477 e. The zero-order valence-corrected chi connectivity index (χ0v) is 13.2. The van der Waals surface area contributed by atoms with E-state index in [-0.39, 0.29) is 5.91 Å². The molecule has 1 amide bonds. The van der Waals surface area contributed by atoms with E-state index >= 15 is 0 Å². The molecule has 7 heteroatoms. The van der Waals surface area contributed by atoms with E-state index in [9.17, 15) is 4.79 Å². The number of pyridine rings is 1. The van der Waals surface area contributed by atoms with E-state index < -0.39 is 0 Å². The van der Waals surface area contributed by atoms with Gasteiger partial charge in [0, 0.05) is 26.2 Å². The van der Waals surface area contributed by atoms with Crippen LogP contribution in [0.5, 0.6) is 5.88 Å². The fourth-order valence-corrected chi connectivity index (χ4v) is 2.79. The molecule has 110 valence electrons. The van der Waals surface area contributed by atoms with Crippen molar-refractivity contribution in [2.75, 3.05) is 13.7 Å². The van der Waals surface area contributed by atoms with E-state index in [2.05, 4.69) is 26.0 Å². The molecule has 0 bridgehead atoms. The van der Waals surface area contributed by atoms with E-state index in [0.29, 0.717) is 29.2 Å². The number of carbonyl (C=O) groups is 1. The van der Waals surface area contributed by atoms with E-state index in [1.54, 1.807) is 22.8 Å². The molecule has 0 radical (unpaired) electrons. The Hall–Kier alpha value is -1.89. The maximum Gasteiger partial charge on any atom is 0.275 e. The number of fused-ring (bicyclic) bond motifs is 1. The topological polar surface area (TPSA) is 60.2 Å². The van der Waals surface area contributed by atoms with Crippen LogP contribution in [0.4, 0.5) is 0 Å². The first kappa shape index (κ1) is 14.1. The Balaban J connectivity index is 1.80. The monoisotopic (exact) mass is 350 g/mol. The zero-order valence-electron chi connectivity index (χ0n) is 11.6. The molecule has 0 fully saturated rings. The van der Waals surface area contributed by atoms with Crippen LogP contribution in [0.2, 0.25) is 0 Å². The maximum absolute atomic E-state index is 12.5. The van der Waals surface area contributed by atoms with Gasteiger partial charge >= 0.3 is 0 Å². The van der Waals surface area contributed by atoms with Crippen molar-refractivity contribution in [3.63, 3.8) is 0 Å². The van der Waals surface area contributed by atoms with Gasteiger partial charge in [-0.3, -0.25) is 9.78 Å². The van der Waals surface area contributed by atoms with Gasteiger partial charge in [0.05, 0.1) is 18.8 Å². The minimum absolute atomic E-state index is 0.155. The molecule has 0 atom stereocenters. The van der Waals surface area contributed by atoms with Gasteiger partial charge in [0.25, 0.3) is 5.91 Å². The first-order valence-electron chi connectivity index (χ1n) is 6.71. The molecule has 0 saturated carbocycles. The summed E-state index contributed by atoms with van der Waals surface area (Å²) in [5.74, 6) is 0.480. The number of hydrogen-bond donors (Lipinski definition) is 0. The first-order valence-corrected chi connectivity index (χ1v) is 7.50. The van der Waals surface area contributed by atoms with Crippen molar-refractivity contribution in [3.05, 3.63) is 40.3 Å². The van der Waals surface area contributed by atoms with Crippen LogP contribution in [0.1, 0.15) is 22.6 Å². The van der Waals surface area contributed by atoms with Gasteiger partial charge in [-0.05, 0) is 28.1 Å². The number of ether oxygens (including phenoxy) is 1. The van der Waals surface area contributed by atoms with Gasteiger partial charge in [-0.25, -0.2) is 4.68 Å². The van der Waals surface area contributed by atoms with E-state index in [1.165, 1.54) is 0 Å². The number of amides is 1. The predicted octanol–water partition coefficient (Wildman–Crippen LogP) is 2.10. The Morgan fingerprint density at radius 1 is 1.52 bits per heavy atom. The molecule has 0 saturated heterocycles. The van der Waals surface area contributed by atoms with Crippen LogP contribution in [-0.4, -0.2) is 39.2 Å². The molecule has 0 N–H and O–H groups in total. The molecule has 1 aliphatic rings. The molecule has 6 nitrogen and oxygen atoms in total. The van der Waals surface area contributed by atoms with Gasteiger partial charge in [-0.1, -0.05) is 6.07 Å². The molecule has 3 rings (SSSR count). The number of carbonyl (C=O) groups excluding carboxylic acids is 1. The second-order valence-corrected chi connectivity index (χ2v) is 5.67. The number of aromatic nitrogens is 3. The second kappa shape index (κ2) is 5.85. The van der Waals surface area contributed by atoms with Gasteiger partial charge in [0.15, 0.2) is 5.69 Å². The highest BCUT2D eigenvalue weighted by molar-refractivity contribution is 9.10. The normalized spacial score (nSPS) is 13.4. The summed E-state index contributed by atoms with van der Waals surface area (Å²) in [4.78, 5) is 18.3. The third-order valence-corrected chi connectivity index (χ3v) is 3.99. The summed E-state index contributed by atoms with van der Waals surface area (Å²) < 4.78 is 7.91. The van der Waals surface area contributed by atoms with E-state index in [4.69, 9.17) is 4.74 Å². The Morgan fingerprint density at radius 2 is 2.38 bits per heavy atom. The Kier molecular flexibility index (Phi) is 3.92. The highest BCUT2D eigenvalue weighted by atomic mass is 79.9. The maximum atomic E-state index is 12.5. The summed E-state index contributed by atoms with van der Waals surface area (Å²) in [6, 6.07) is 5.64. The number of hydrogen-bond acceptors (Lipinski definition) is 4. The van der Waals surface area contributed by atoms with E-state index in [0.717, 1.165) is 18.7 Å². The molecule has 1 aliphatic heterocycles. The molecule has 3 heterocycles. The van der Waals surface area contributed by atoms with Crippen molar-refractivity contribution in [3.8, 4) is 5.88 Å². The minimum Gasteiger partial charge on any atom is -0.477 e. The van der Waals surface area contributed by atoms with Crippen LogP contribution in [0.15, 0.2) is 28.9 Å². The van der Waals surface area contributed by atoms with Gasteiger partial charge < -0.3 is 9.64 Å². The molecule has 2 aromatic rings. The average molecular weight is 351 g/mol. The number of aryl methyl sites for hydroxylation is 1. The highest BCUT2D eigenvalue weighted by Gasteiger charge is 2.26. The predicted molar refractivity (Wildman–Crippen MR) is 80.1 cm³/mol. The molecular weight excluding hydrogens is 336 g/mol. The highest BCUT2D eigenvalue weighted by Crippen LogP contribution is 2.31. The summed E-state index contributed by atoms with van der Waals surface area (Å²) in [5, 5.41) is 4.35. The zero-order chi connectivity index (χ0) is 14.8. The lowest BCUT2D eigenvalue weighted by Gasteiger charge is -2.15. The molecular formula is C14H15BrN4O2. The van der Waals surface area contributed by atoms with Gasteiger partial charge in [0.2, 0.25) is 5.88 Å². The standard InChI is InChI=1S/C14H15BrN4O2/c1-18(9-10-5-2-3-6-16-10)13(20)12-11(15)14-19(17-12)7-4-8-21-14/h2-3,5-6H,4,7-9H2,1H3. The third-order valence-electron chi connectivity index (χ3n) is 3.28. The van der Waals surface area contributed by atoms with Crippen LogP contribution in [-0.2, 0) is 13.1 Å². The second-order valence-electron chi connectivity index (χ2n) is 4.88. The molecule has 2 aromatic heterocycles. The molecule has 0 aliphatic carbocycles. The molecule has 0 unspecified atom stereocenters. The van der Waals surface area contributed by atoms with Crippen molar-refractivity contribution >= 4 is 21.8 Å². The number of halogens is 1. The van der Waals surface area contributed by atoms with Crippen LogP contribution < -0.4 is 4.74 Å². The Bertz CT molecular complexity index is 656. The summed E-state index contributed by atoms with van der Waals surface area (Å²) >= 11 is 3.42. The SMILES string of the molecule is CN(Cc1ccccn1)C(=O)c1nn2c(c1Br)OCCC2. The number of rotatable bonds is 3. The lowest BCUT2D eigenvalue weighted by atomic mass is 10.3. The average Bonchev–Trinajstić information content (AvgIpc) is 2.85. The summed E-state index contributed by atoms with van der Waals surface area (Å²) in [5.41, 5.74) is 1.22. The van der Waals surface area contributed by atoms with Crippen molar-refractivity contribution in [1.82, 2.24) is 19.7 Å². The lowest BCUT2D eigenvalue weighted by Crippen LogP contribution is -2.27. The smallest absolute Gasteiger partial charge is 0.275 e. The van der Waals surface area contributed by atoms with Gasteiger partial charge in [0.1, 0.15) is 4.47 Å². The first-order chi connectivity index (χ1) is 10.2. The third kappa shape index (κ3) is 2.78. The van der Waals surface area contributed by atoms with Crippen LogP contribution in [0.25, 0.3) is 0 Å². The van der Waals surface area contributed by atoms with Crippen molar-refractivity contribution in [2.45, 2.75) is 19.5 Å². The van der Waals surface area contributed by atoms with Crippen molar-refractivity contribution in [2.24, 2.45) is 0 Å². The quantitative estimate of drug-likeness (QED) is 0.850. The van der Waals surface area contributed by atoms with Gasteiger partial charge in [-0.15, -0.1) is 0 Å². The van der Waals surface area contributed by atoms with Crippen LogP contribution >= 0.6 is 15.9 Å². The van der Waals surface area contributed by atoms with Crippen molar-refractivity contribution < 1.29 is 9.53 Å².